The number of halogens is 2. The van der Waals surface area contributed by atoms with Crippen LogP contribution < -0.4 is 0 Å². The van der Waals surface area contributed by atoms with Gasteiger partial charge in [0.25, 0.3) is 0 Å². The van der Waals surface area contributed by atoms with Crippen molar-refractivity contribution in [1.82, 2.24) is 0 Å². The minimum Gasteiger partial charge on any atom is -0.102 e. The molecule has 3 heteroatoms. The number of hydrogen-bond donors (Lipinski definition) is 0. The molecule has 0 amide bonds. The standard InChI is InChI=1S/C3H6Cl2.Zr/c1-3(2,4)5;/h1-2H3;. The average Bonchev–Trinajstić information content (AvgIpc) is 0.722. The molecule has 0 N–H and O–H groups in total. The Labute approximate surface area is 67.3 Å². The van der Waals surface area contributed by atoms with E-state index >= 15 is 0 Å². The maximum atomic E-state index is 5.30. The summed E-state index contributed by atoms with van der Waals surface area (Å²) in [7, 11) is 0. The van der Waals surface area contributed by atoms with Gasteiger partial charge >= 0.3 is 0 Å². The fourth-order valence-corrected chi connectivity index (χ4v) is 0. The van der Waals surface area contributed by atoms with Gasteiger partial charge in [-0.3, -0.25) is 0 Å². The molecule has 36 valence electrons. The average molecular weight is 204 g/mol. The Kier molecular flexibility index (Phi) is 6.03. The normalized spacial score (nSPS) is 10.0. The molecule has 0 saturated carbocycles. The van der Waals surface area contributed by atoms with Gasteiger partial charge in [-0.15, -0.1) is 23.2 Å². The van der Waals surface area contributed by atoms with E-state index < -0.39 is 4.33 Å². The Morgan fingerprint density at radius 3 is 1.17 bits per heavy atom. The fourth-order valence-electron chi connectivity index (χ4n) is 0. The van der Waals surface area contributed by atoms with E-state index in [-0.39, 0.29) is 26.2 Å². The van der Waals surface area contributed by atoms with Crippen LogP contribution in [0.5, 0.6) is 0 Å². The minimum atomic E-state index is -0.556. The molecular weight excluding hydrogens is 198 g/mol. The van der Waals surface area contributed by atoms with E-state index in [9.17, 15) is 0 Å². The number of hydrogen-bond acceptors (Lipinski definition) is 0. The number of alkyl halides is 2. The molecule has 0 heterocycles. The van der Waals surface area contributed by atoms with Crippen molar-refractivity contribution in [2.75, 3.05) is 0 Å². The predicted molar refractivity (Wildman–Crippen MR) is 25.8 cm³/mol. The summed E-state index contributed by atoms with van der Waals surface area (Å²) >= 11 is 10.6. The van der Waals surface area contributed by atoms with Crippen molar-refractivity contribution in [2.24, 2.45) is 0 Å². The van der Waals surface area contributed by atoms with Gasteiger partial charge in [0, 0.05) is 26.2 Å². The van der Waals surface area contributed by atoms with Crippen LogP contribution in [0.2, 0.25) is 0 Å². The summed E-state index contributed by atoms with van der Waals surface area (Å²) in [5.41, 5.74) is 0. The van der Waals surface area contributed by atoms with E-state index in [4.69, 9.17) is 23.2 Å². The molecule has 0 aromatic heterocycles. The second kappa shape index (κ2) is 3.46. The first-order valence-electron chi connectivity index (χ1n) is 1.38. The quantitative estimate of drug-likeness (QED) is 0.531. The number of rotatable bonds is 0. The van der Waals surface area contributed by atoms with Gasteiger partial charge in [-0.2, -0.15) is 0 Å². The molecule has 0 radical (unpaired) electrons. The molecule has 0 aliphatic carbocycles. The van der Waals surface area contributed by atoms with Gasteiger partial charge in [-0.25, -0.2) is 0 Å². The second-order valence-corrected chi connectivity index (χ2v) is 3.41. The third-order valence-electron chi connectivity index (χ3n) is 0. The summed E-state index contributed by atoms with van der Waals surface area (Å²) in [6.07, 6.45) is 0. The molecule has 0 atom stereocenters. The fraction of sp³-hybridized carbons (Fsp3) is 1.00. The largest absolute Gasteiger partial charge is 0.112 e. The summed E-state index contributed by atoms with van der Waals surface area (Å²) in [5.74, 6) is 0. The van der Waals surface area contributed by atoms with E-state index in [2.05, 4.69) is 0 Å². The van der Waals surface area contributed by atoms with Gasteiger partial charge in [-0.05, 0) is 13.8 Å². The van der Waals surface area contributed by atoms with E-state index in [1.54, 1.807) is 13.8 Å². The van der Waals surface area contributed by atoms with E-state index in [0.717, 1.165) is 0 Å². The van der Waals surface area contributed by atoms with Crippen molar-refractivity contribution < 1.29 is 26.2 Å². The third kappa shape index (κ3) is 50.8. The maximum absolute atomic E-state index is 5.30. The first-order chi connectivity index (χ1) is 2.00. The van der Waals surface area contributed by atoms with E-state index in [1.165, 1.54) is 0 Å². The molecular formula is C3H6Cl2Zr. The predicted octanol–water partition coefficient (Wildman–Crippen LogP) is 2.20. The van der Waals surface area contributed by atoms with Gasteiger partial charge < -0.3 is 0 Å². The topological polar surface area (TPSA) is 0 Å². The molecule has 0 bridgehead atoms. The van der Waals surface area contributed by atoms with Gasteiger partial charge in [-0.1, -0.05) is 0 Å². The van der Waals surface area contributed by atoms with Crippen molar-refractivity contribution in [1.29, 1.82) is 0 Å². The zero-order valence-electron chi connectivity index (χ0n) is 3.76. The minimum absolute atomic E-state index is 0. The van der Waals surface area contributed by atoms with Crippen molar-refractivity contribution in [3.05, 3.63) is 0 Å². The van der Waals surface area contributed by atoms with Crippen LogP contribution >= 0.6 is 23.2 Å². The third-order valence-corrected chi connectivity index (χ3v) is 0. The van der Waals surface area contributed by atoms with Crippen molar-refractivity contribution in [2.45, 2.75) is 18.2 Å². The van der Waals surface area contributed by atoms with Crippen LogP contribution in [0.4, 0.5) is 0 Å². The molecule has 0 aromatic carbocycles. The summed E-state index contributed by atoms with van der Waals surface area (Å²) in [6, 6.07) is 0. The Morgan fingerprint density at radius 1 is 1.17 bits per heavy atom. The molecule has 0 nitrogen and oxygen atoms in total. The molecule has 0 aliphatic heterocycles. The summed E-state index contributed by atoms with van der Waals surface area (Å²) in [5, 5.41) is 0. The van der Waals surface area contributed by atoms with Gasteiger partial charge in [0.2, 0.25) is 0 Å². The molecule has 0 saturated heterocycles. The van der Waals surface area contributed by atoms with Gasteiger partial charge in [0.1, 0.15) is 4.33 Å². The van der Waals surface area contributed by atoms with E-state index in [1.807, 2.05) is 0 Å². The molecule has 0 fully saturated rings. The molecule has 0 spiro atoms. The van der Waals surface area contributed by atoms with Crippen LogP contribution in [0.1, 0.15) is 13.8 Å². The van der Waals surface area contributed by atoms with Crippen molar-refractivity contribution >= 4 is 23.2 Å². The summed E-state index contributed by atoms with van der Waals surface area (Å²) in [4.78, 5) is 0. The monoisotopic (exact) mass is 202 g/mol. The van der Waals surface area contributed by atoms with Crippen LogP contribution in [0.3, 0.4) is 0 Å². The smallest absolute Gasteiger partial charge is 0.102 e. The SMILES string of the molecule is CC(C)(Cl)Cl.[Zr]. The Balaban J connectivity index is 0. The molecule has 0 rings (SSSR count). The van der Waals surface area contributed by atoms with Gasteiger partial charge in [0.05, 0.1) is 0 Å². The van der Waals surface area contributed by atoms with Crippen LogP contribution in [0, 0.1) is 0 Å². The first-order valence-corrected chi connectivity index (χ1v) is 2.13. The maximum Gasteiger partial charge on any atom is 0.112 e. The van der Waals surface area contributed by atoms with Crippen molar-refractivity contribution in [3.63, 3.8) is 0 Å². The van der Waals surface area contributed by atoms with Crippen molar-refractivity contribution in [3.8, 4) is 0 Å². The van der Waals surface area contributed by atoms with Crippen LogP contribution in [0.15, 0.2) is 0 Å². The van der Waals surface area contributed by atoms with E-state index in [0.29, 0.717) is 0 Å². The summed E-state index contributed by atoms with van der Waals surface area (Å²) < 4.78 is -0.556. The van der Waals surface area contributed by atoms with Crippen LogP contribution in [-0.4, -0.2) is 4.33 Å². The second-order valence-electron chi connectivity index (χ2n) is 1.33. The Hall–Kier alpha value is 1.46. The van der Waals surface area contributed by atoms with Crippen LogP contribution in [-0.2, 0) is 26.2 Å². The molecule has 0 aromatic rings. The molecule has 6 heavy (non-hydrogen) atoms. The zero-order chi connectivity index (χ0) is 4.50. The molecule has 0 unspecified atom stereocenters. The van der Waals surface area contributed by atoms with Crippen LogP contribution in [0.25, 0.3) is 0 Å². The first kappa shape index (κ1) is 10.4. The zero-order valence-corrected chi connectivity index (χ0v) is 7.73. The van der Waals surface area contributed by atoms with Gasteiger partial charge in [0.15, 0.2) is 0 Å². The Morgan fingerprint density at radius 2 is 1.17 bits per heavy atom. The molecule has 0 aliphatic rings. The Bertz CT molecular complexity index is 24.3. The summed E-state index contributed by atoms with van der Waals surface area (Å²) in [6.45, 7) is 3.44.